The molecule has 0 unspecified atom stereocenters. The Balaban J connectivity index is 2.33. The summed E-state index contributed by atoms with van der Waals surface area (Å²) in [4.78, 5) is 13.7. The minimum Gasteiger partial charge on any atom is -0.320 e. The largest absolute Gasteiger partial charge is 0.320 e. The summed E-state index contributed by atoms with van der Waals surface area (Å²) >= 11 is 0. The van der Waals surface area contributed by atoms with Crippen molar-refractivity contribution in [3.05, 3.63) is 29.8 Å². The molecule has 0 bridgehead atoms. The van der Waals surface area contributed by atoms with Crippen molar-refractivity contribution in [1.29, 1.82) is 0 Å². The van der Waals surface area contributed by atoms with Crippen LogP contribution < -0.4 is 10.6 Å². The van der Waals surface area contributed by atoms with Gasteiger partial charge in [0, 0.05) is 18.5 Å². The summed E-state index contributed by atoms with van der Waals surface area (Å²) in [6, 6.07) is 7.74. The lowest BCUT2D eigenvalue weighted by Gasteiger charge is -2.27. The van der Waals surface area contributed by atoms with Gasteiger partial charge in [-0.1, -0.05) is 24.0 Å². The van der Waals surface area contributed by atoms with Crippen molar-refractivity contribution in [3.8, 4) is 11.8 Å². The van der Waals surface area contributed by atoms with E-state index in [-0.39, 0.29) is 5.91 Å². The first-order valence-electron chi connectivity index (χ1n) is 5.91. The number of carbonyl (C=O) groups is 1. The van der Waals surface area contributed by atoms with Crippen LogP contribution in [0.3, 0.4) is 0 Å². The fourth-order valence-corrected chi connectivity index (χ4v) is 2.02. The van der Waals surface area contributed by atoms with Gasteiger partial charge in [0.1, 0.15) is 0 Å². The summed E-state index contributed by atoms with van der Waals surface area (Å²) in [6.07, 6.45) is 2.69. The molecule has 2 rings (SSSR count). The number of nitrogens with two attached hydrogens (primary N) is 1. The first kappa shape index (κ1) is 11.7. The molecule has 1 saturated heterocycles. The van der Waals surface area contributed by atoms with Crippen LogP contribution in [0.5, 0.6) is 0 Å². The monoisotopic (exact) mass is 228 g/mol. The first-order valence-corrected chi connectivity index (χ1v) is 5.91. The van der Waals surface area contributed by atoms with Crippen LogP contribution in [0.25, 0.3) is 0 Å². The van der Waals surface area contributed by atoms with Crippen LogP contribution in [0.1, 0.15) is 24.8 Å². The molecule has 3 nitrogen and oxygen atoms in total. The molecule has 0 aromatic heterocycles. The van der Waals surface area contributed by atoms with Crippen LogP contribution in [0.2, 0.25) is 0 Å². The predicted octanol–water partition coefficient (Wildman–Crippen LogP) is 1.51. The van der Waals surface area contributed by atoms with Gasteiger partial charge in [0.25, 0.3) is 0 Å². The van der Waals surface area contributed by atoms with E-state index in [1.807, 2.05) is 29.2 Å². The van der Waals surface area contributed by atoms with Gasteiger partial charge >= 0.3 is 0 Å². The number of piperidine rings is 1. The van der Waals surface area contributed by atoms with Gasteiger partial charge < -0.3 is 10.6 Å². The minimum absolute atomic E-state index is 0.193. The average Bonchev–Trinajstić information content (AvgIpc) is 2.37. The minimum atomic E-state index is 0.193. The number of nitrogens with zero attached hydrogens (tertiary/aromatic N) is 1. The van der Waals surface area contributed by atoms with Gasteiger partial charge in [-0.2, -0.15) is 0 Å². The lowest BCUT2D eigenvalue weighted by atomic mass is 10.1. The molecule has 0 aliphatic carbocycles. The highest BCUT2D eigenvalue weighted by Gasteiger charge is 2.20. The van der Waals surface area contributed by atoms with Gasteiger partial charge in [-0.3, -0.25) is 4.79 Å². The topological polar surface area (TPSA) is 46.3 Å². The lowest BCUT2D eigenvalue weighted by Crippen LogP contribution is -2.35. The van der Waals surface area contributed by atoms with Gasteiger partial charge in [0.05, 0.1) is 12.2 Å². The number of hydrogen-bond acceptors (Lipinski definition) is 2. The number of para-hydroxylation sites is 1. The second kappa shape index (κ2) is 5.51. The quantitative estimate of drug-likeness (QED) is 0.741. The van der Waals surface area contributed by atoms with Crippen molar-refractivity contribution >= 4 is 11.6 Å². The number of anilines is 1. The molecular formula is C14H16N2O. The number of rotatable bonds is 1. The average molecular weight is 228 g/mol. The Kier molecular flexibility index (Phi) is 3.79. The third-order valence-electron chi connectivity index (χ3n) is 2.84. The SMILES string of the molecule is NCC#Cc1ccccc1N1CCCCC1=O. The second-order valence-electron chi connectivity index (χ2n) is 4.03. The standard InChI is InChI=1S/C14H16N2O/c15-10-5-7-12-6-1-2-8-13(12)16-11-4-3-9-14(16)17/h1-2,6,8H,3-4,9-11,15H2. The molecule has 1 aliphatic heterocycles. The zero-order chi connectivity index (χ0) is 12.1. The van der Waals surface area contributed by atoms with Crippen LogP contribution in [0, 0.1) is 11.8 Å². The molecule has 17 heavy (non-hydrogen) atoms. The van der Waals surface area contributed by atoms with E-state index in [1.54, 1.807) is 0 Å². The highest BCUT2D eigenvalue weighted by molar-refractivity contribution is 5.95. The third kappa shape index (κ3) is 2.66. The molecule has 1 aromatic carbocycles. The van der Waals surface area contributed by atoms with Crippen molar-refractivity contribution in [3.63, 3.8) is 0 Å². The van der Waals surface area contributed by atoms with Crippen LogP contribution in [-0.2, 0) is 4.79 Å². The van der Waals surface area contributed by atoms with Crippen molar-refractivity contribution in [2.75, 3.05) is 18.0 Å². The Labute approximate surface area is 102 Å². The summed E-state index contributed by atoms with van der Waals surface area (Å²) < 4.78 is 0. The predicted molar refractivity (Wildman–Crippen MR) is 68.6 cm³/mol. The van der Waals surface area contributed by atoms with E-state index in [1.165, 1.54) is 0 Å². The summed E-state index contributed by atoms with van der Waals surface area (Å²) in [5.74, 6) is 6.05. The van der Waals surface area contributed by atoms with Crippen molar-refractivity contribution < 1.29 is 4.79 Å². The summed E-state index contributed by atoms with van der Waals surface area (Å²) in [7, 11) is 0. The molecule has 0 atom stereocenters. The Morgan fingerprint density at radius 2 is 2.12 bits per heavy atom. The molecule has 3 heteroatoms. The summed E-state index contributed by atoms with van der Waals surface area (Å²) in [5, 5.41) is 0. The lowest BCUT2D eigenvalue weighted by molar-refractivity contribution is -0.119. The van der Waals surface area contributed by atoms with Gasteiger partial charge in [-0.05, 0) is 25.0 Å². The van der Waals surface area contributed by atoms with Crippen molar-refractivity contribution in [1.82, 2.24) is 0 Å². The molecular weight excluding hydrogens is 212 g/mol. The Morgan fingerprint density at radius 1 is 1.29 bits per heavy atom. The van der Waals surface area contributed by atoms with E-state index in [9.17, 15) is 4.79 Å². The molecule has 1 fully saturated rings. The Bertz CT molecular complexity index is 471. The first-order chi connectivity index (χ1) is 8.33. The molecule has 1 aromatic rings. The maximum absolute atomic E-state index is 11.9. The zero-order valence-corrected chi connectivity index (χ0v) is 9.78. The van der Waals surface area contributed by atoms with Gasteiger partial charge in [0.15, 0.2) is 0 Å². The highest BCUT2D eigenvalue weighted by Crippen LogP contribution is 2.24. The summed E-state index contributed by atoms with van der Waals surface area (Å²) in [5.41, 5.74) is 7.18. The number of amides is 1. The molecule has 1 heterocycles. The molecule has 0 saturated carbocycles. The zero-order valence-electron chi connectivity index (χ0n) is 9.78. The second-order valence-corrected chi connectivity index (χ2v) is 4.03. The Hall–Kier alpha value is -1.79. The van der Waals surface area contributed by atoms with Crippen LogP contribution >= 0.6 is 0 Å². The molecule has 1 amide bonds. The molecule has 2 N–H and O–H groups in total. The number of benzene rings is 1. The van der Waals surface area contributed by atoms with Crippen molar-refractivity contribution in [2.24, 2.45) is 5.73 Å². The van der Waals surface area contributed by atoms with Crippen LogP contribution in [-0.4, -0.2) is 19.0 Å². The third-order valence-corrected chi connectivity index (χ3v) is 2.84. The maximum Gasteiger partial charge on any atom is 0.227 e. The maximum atomic E-state index is 11.9. The molecule has 0 radical (unpaired) electrons. The van der Waals surface area contributed by atoms with Gasteiger partial charge in [-0.15, -0.1) is 0 Å². The van der Waals surface area contributed by atoms with E-state index >= 15 is 0 Å². The molecule has 88 valence electrons. The molecule has 0 spiro atoms. The highest BCUT2D eigenvalue weighted by atomic mass is 16.2. The van der Waals surface area contributed by atoms with Gasteiger partial charge in [-0.25, -0.2) is 0 Å². The number of hydrogen-bond donors (Lipinski definition) is 1. The fourth-order valence-electron chi connectivity index (χ4n) is 2.02. The van der Waals surface area contributed by atoms with E-state index in [0.29, 0.717) is 13.0 Å². The molecule has 1 aliphatic rings. The van der Waals surface area contributed by atoms with E-state index in [0.717, 1.165) is 30.6 Å². The van der Waals surface area contributed by atoms with E-state index in [4.69, 9.17) is 5.73 Å². The Morgan fingerprint density at radius 3 is 2.88 bits per heavy atom. The van der Waals surface area contributed by atoms with Crippen molar-refractivity contribution in [2.45, 2.75) is 19.3 Å². The fraction of sp³-hybridized carbons (Fsp3) is 0.357. The van der Waals surface area contributed by atoms with E-state index in [2.05, 4.69) is 11.8 Å². The summed E-state index contributed by atoms with van der Waals surface area (Å²) in [6.45, 7) is 1.13. The van der Waals surface area contributed by atoms with Crippen LogP contribution in [0.4, 0.5) is 5.69 Å². The normalized spacial score (nSPS) is 15.4. The van der Waals surface area contributed by atoms with E-state index < -0.39 is 0 Å². The van der Waals surface area contributed by atoms with Crippen LogP contribution in [0.15, 0.2) is 24.3 Å². The number of carbonyl (C=O) groups excluding carboxylic acids is 1. The van der Waals surface area contributed by atoms with Gasteiger partial charge in [0.2, 0.25) is 5.91 Å². The smallest absolute Gasteiger partial charge is 0.227 e.